The predicted molar refractivity (Wildman–Crippen MR) is 192 cm³/mol. The second-order valence-corrected chi connectivity index (χ2v) is 13.7. The maximum absolute atomic E-state index is 6.47. The third-order valence-corrected chi connectivity index (χ3v) is 11.1. The van der Waals surface area contributed by atoms with Gasteiger partial charge in [0.25, 0.3) is 0 Å². The topological polar surface area (TPSA) is 21.6 Å². The average Bonchev–Trinajstić information content (AvgIpc) is 3.57. The van der Waals surface area contributed by atoms with Crippen molar-refractivity contribution in [3.8, 4) is 11.1 Å². The third-order valence-electron chi connectivity index (χ3n) is 8.61. The molecule has 0 saturated carbocycles. The van der Waals surface area contributed by atoms with Gasteiger partial charge in [-0.1, -0.05) is 158 Å². The van der Waals surface area contributed by atoms with E-state index in [2.05, 4.69) is 164 Å². The van der Waals surface area contributed by atoms with Crippen LogP contribution in [0.3, 0.4) is 0 Å². The Morgan fingerprint density at radius 1 is 0.533 bits per heavy atom. The Hall–Kier alpha value is -5.04. The standard InChI is InChI=1S/C42H32NOP/c1-4-14-30(15-5-1)28-33-29-44-42(43-33)38-26-24-31-16-10-12-22-36(31)40(38)41-37-23-13-11-17-32(37)25-27-39(41)45(34-18-6-2-7-19-34)35-20-8-3-9-21-35/h1-27,33H,28-29H2/t33-/m1/s1. The Balaban J connectivity index is 1.40. The Labute approximate surface area is 265 Å². The van der Waals surface area contributed by atoms with Crippen LogP contribution in [0.5, 0.6) is 0 Å². The fourth-order valence-corrected chi connectivity index (χ4v) is 9.04. The van der Waals surface area contributed by atoms with Gasteiger partial charge in [-0.15, -0.1) is 0 Å². The molecule has 0 saturated heterocycles. The first-order chi connectivity index (χ1) is 22.3. The molecule has 0 bridgehead atoms. The molecule has 8 rings (SSSR count). The van der Waals surface area contributed by atoms with Gasteiger partial charge < -0.3 is 4.74 Å². The molecule has 0 N–H and O–H groups in total. The van der Waals surface area contributed by atoms with Gasteiger partial charge in [0.05, 0.1) is 6.04 Å². The van der Waals surface area contributed by atoms with Gasteiger partial charge in [-0.25, -0.2) is 4.99 Å². The first kappa shape index (κ1) is 27.5. The van der Waals surface area contributed by atoms with E-state index >= 15 is 0 Å². The molecule has 0 spiro atoms. The largest absolute Gasteiger partial charge is 0.475 e. The number of hydrogen-bond acceptors (Lipinski definition) is 2. The minimum Gasteiger partial charge on any atom is -0.475 e. The first-order valence-electron chi connectivity index (χ1n) is 15.5. The van der Waals surface area contributed by atoms with Crippen LogP contribution in [0.4, 0.5) is 0 Å². The number of ether oxygens (including phenoxy) is 1. The summed E-state index contributed by atoms with van der Waals surface area (Å²) in [6.07, 6.45) is 0.861. The molecule has 2 nitrogen and oxygen atoms in total. The fraction of sp³-hybridized carbons (Fsp3) is 0.0714. The lowest BCUT2D eigenvalue weighted by Crippen LogP contribution is -2.23. The van der Waals surface area contributed by atoms with E-state index in [-0.39, 0.29) is 6.04 Å². The summed E-state index contributed by atoms with van der Waals surface area (Å²) >= 11 is 0. The number of aliphatic imine (C=N–C) groups is 1. The number of benzene rings is 7. The molecule has 1 atom stereocenters. The van der Waals surface area contributed by atoms with Gasteiger partial charge in [-0.2, -0.15) is 0 Å². The van der Waals surface area contributed by atoms with Gasteiger partial charge in [-0.05, 0) is 69.0 Å². The molecule has 0 amide bonds. The van der Waals surface area contributed by atoms with E-state index < -0.39 is 7.92 Å². The summed E-state index contributed by atoms with van der Waals surface area (Å²) < 4.78 is 6.47. The molecule has 1 aliphatic heterocycles. The molecule has 7 aromatic carbocycles. The van der Waals surface area contributed by atoms with Gasteiger partial charge in [0.15, 0.2) is 0 Å². The molecule has 0 aromatic heterocycles. The molecule has 1 heterocycles. The van der Waals surface area contributed by atoms with Gasteiger partial charge in [0.1, 0.15) is 6.61 Å². The van der Waals surface area contributed by atoms with Crippen LogP contribution in [0.2, 0.25) is 0 Å². The zero-order valence-electron chi connectivity index (χ0n) is 24.9. The highest BCUT2D eigenvalue weighted by atomic mass is 31.1. The quantitative estimate of drug-likeness (QED) is 0.168. The molecule has 45 heavy (non-hydrogen) atoms. The van der Waals surface area contributed by atoms with E-state index in [1.165, 1.54) is 54.1 Å². The molecule has 216 valence electrons. The van der Waals surface area contributed by atoms with Crippen LogP contribution >= 0.6 is 7.92 Å². The maximum atomic E-state index is 6.47. The monoisotopic (exact) mass is 597 g/mol. The van der Waals surface area contributed by atoms with E-state index in [0.29, 0.717) is 6.61 Å². The minimum atomic E-state index is -0.866. The van der Waals surface area contributed by atoms with Crippen molar-refractivity contribution in [2.75, 3.05) is 6.61 Å². The first-order valence-corrected chi connectivity index (χ1v) is 16.9. The molecule has 1 aliphatic rings. The number of rotatable bonds is 7. The van der Waals surface area contributed by atoms with Crippen LogP contribution in [-0.4, -0.2) is 18.5 Å². The van der Waals surface area contributed by atoms with Crippen molar-refractivity contribution in [1.82, 2.24) is 0 Å². The highest BCUT2D eigenvalue weighted by Gasteiger charge is 2.28. The van der Waals surface area contributed by atoms with Crippen LogP contribution in [-0.2, 0) is 11.2 Å². The summed E-state index contributed by atoms with van der Waals surface area (Å²) in [4.78, 5) is 5.22. The van der Waals surface area contributed by atoms with Crippen molar-refractivity contribution < 1.29 is 4.74 Å². The summed E-state index contributed by atoms with van der Waals surface area (Å²) in [5, 5.41) is 8.87. The number of fused-ring (bicyclic) bond motifs is 2. The lowest BCUT2D eigenvalue weighted by Gasteiger charge is -2.25. The predicted octanol–water partition coefficient (Wildman–Crippen LogP) is 8.81. The van der Waals surface area contributed by atoms with Gasteiger partial charge in [0, 0.05) is 11.1 Å². The summed E-state index contributed by atoms with van der Waals surface area (Å²) in [7, 11) is -0.866. The molecule has 7 aromatic rings. The van der Waals surface area contributed by atoms with Gasteiger partial charge in [-0.3, -0.25) is 0 Å². The highest BCUT2D eigenvalue weighted by Crippen LogP contribution is 2.43. The number of hydrogen-bond donors (Lipinski definition) is 0. The number of nitrogens with zero attached hydrogens (tertiary/aromatic N) is 1. The van der Waals surface area contributed by atoms with E-state index in [4.69, 9.17) is 9.73 Å². The van der Waals surface area contributed by atoms with Crippen LogP contribution < -0.4 is 15.9 Å². The lowest BCUT2D eigenvalue weighted by atomic mass is 9.90. The second kappa shape index (κ2) is 12.2. The van der Waals surface area contributed by atoms with E-state index in [1.807, 2.05) is 0 Å². The fourth-order valence-electron chi connectivity index (χ4n) is 6.56. The Kier molecular flexibility index (Phi) is 7.43. The van der Waals surface area contributed by atoms with Crippen molar-refractivity contribution in [2.45, 2.75) is 12.5 Å². The van der Waals surface area contributed by atoms with Gasteiger partial charge >= 0.3 is 0 Å². The van der Waals surface area contributed by atoms with E-state index in [1.54, 1.807) is 0 Å². The van der Waals surface area contributed by atoms with Crippen molar-refractivity contribution in [3.05, 3.63) is 175 Å². The minimum absolute atomic E-state index is 0.0828. The van der Waals surface area contributed by atoms with Crippen molar-refractivity contribution in [3.63, 3.8) is 0 Å². The molecule has 3 heteroatoms. The molecular weight excluding hydrogens is 565 g/mol. The molecule has 0 fully saturated rings. The normalized spacial score (nSPS) is 14.5. The van der Waals surface area contributed by atoms with E-state index in [0.717, 1.165) is 17.9 Å². The summed E-state index contributed by atoms with van der Waals surface area (Å²) in [6.45, 7) is 0.583. The average molecular weight is 598 g/mol. The van der Waals surface area contributed by atoms with Crippen LogP contribution in [0.15, 0.2) is 169 Å². The van der Waals surface area contributed by atoms with Crippen molar-refractivity contribution >= 4 is 51.3 Å². The van der Waals surface area contributed by atoms with Gasteiger partial charge in [0.2, 0.25) is 5.90 Å². The zero-order valence-corrected chi connectivity index (χ0v) is 25.8. The smallest absolute Gasteiger partial charge is 0.217 e. The SMILES string of the molecule is c1ccc(C[C@@H]2COC(c3ccc4ccccc4c3-c3c(P(c4ccccc4)c4ccccc4)ccc4ccccc34)=N2)cc1. The zero-order chi connectivity index (χ0) is 30.0. The maximum Gasteiger partial charge on any atom is 0.217 e. The van der Waals surface area contributed by atoms with Crippen LogP contribution in [0.25, 0.3) is 32.7 Å². The molecule has 0 radical (unpaired) electrons. The molecule has 0 aliphatic carbocycles. The highest BCUT2D eigenvalue weighted by molar-refractivity contribution is 7.80. The van der Waals surface area contributed by atoms with Crippen LogP contribution in [0, 0.1) is 0 Å². The Morgan fingerprint density at radius 3 is 1.71 bits per heavy atom. The summed E-state index contributed by atoms with van der Waals surface area (Å²) in [5.74, 6) is 0.735. The molecule has 0 unspecified atom stereocenters. The summed E-state index contributed by atoms with van der Waals surface area (Å²) in [5.41, 5.74) is 4.79. The Bertz CT molecular complexity index is 2100. The third kappa shape index (κ3) is 5.33. The van der Waals surface area contributed by atoms with Crippen molar-refractivity contribution in [1.29, 1.82) is 0 Å². The van der Waals surface area contributed by atoms with E-state index in [9.17, 15) is 0 Å². The summed E-state index contributed by atoms with van der Waals surface area (Å²) in [6, 6.07) is 59.2. The van der Waals surface area contributed by atoms with Crippen molar-refractivity contribution in [2.24, 2.45) is 4.99 Å². The lowest BCUT2D eigenvalue weighted by molar-refractivity contribution is 0.317. The second-order valence-electron chi connectivity index (χ2n) is 11.5. The molecular formula is C42H32NOP. The van der Waals surface area contributed by atoms with Crippen LogP contribution in [0.1, 0.15) is 11.1 Å². The Morgan fingerprint density at radius 2 is 1.07 bits per heavy atom.